The Hall–Kier alpha value is -4.23. The second kappa shape index (κ2) is 11.0. The van der Waals surface area contributed by atoms with Crippen LogP contribution in [0.15, 0.2) is 59.7 Å². The molecule has 2 aromatic carbocycles. The third-order valence-electron chi connectivity index (χ3n) is 5.94. The largest absolute Gasteiger partial charge is 0.491 e. The summed E-state index contributed by atoms with van der Waals surface area (Å²) in [7, 11) is 1.13. The number of aromatic nitrogens is 2. The molecule has 0 saturated carbocycles. The number of ether oxygens (including phenoxy) is 1. The third kappa shape index (κ3) is 5.53. The molecule has 38 heavy (non-hydrogen) atoms. The highest BCUT2D eigenvalue weighted by Crippen LogP contribution is 2.33. The predicted octanol–water partition coefficient (Wildman–Crippen LogP) is 2.45. The van der Waals surface area contributed by atoms with Crippen molar-refractivity contribution < 1.29 is 32.3 Å². The molecular weight excluding hydrogens is 507 g/mol. The van der Waals surface area contributed by atoms with Crippen molar-refractivity contribution in [3.05, 3.63) is 81.9 Å². The van der Waals surface area contributed by atoms with Crippen molar-refractivity contribution in [2.24, 2.45) is 0 Å². The van der Waals surface area contributed by atoms with Gasteiger partial charge in [0, 0.05) is 38.1 Å². The van der Waals surface area contributed by atoms with Crippen LogP contribution in [-0.2, 0) is 9.63 Å². The van der Waals surface area contributed by atoms with E-state index in [1.807, 2.05) is 35.8 Å². The van der Waals surface area contributed by atoms with E-state index < -0.39 is 34.9 Å². The number of amides is 1. The molecule has 2 heterocycles. The Labute approximate surface area is 214 Å². The van der Waals surface area contributed by atoms with E-state index in [0.717, 1.165) is 17.2 Å². The monoisotopic (exact) mass is 531 g/mol. The summed E-state index contributed by atoms with van der Waals surface area (Å²) >= 11 is 0. The molecule has 0 aliphatic carbocycles. The number of hydrogen-bond donors (Lipinski definition) is 2. The maximum Gasteiger partial charge on any atom is 0.491 e. The molecule has 200 valence electrons. The van der Waals surface area contributed by atoms with Gasteiger partial charge < -0.3 is 15.0 Å². The molecule has 1 fully saturated rings. The zero-order valence-electron chi connectivity index (χ0n) is 20.4. The lowest BCUT2D eigenvalue weighted by Gasteiger charge is -2.34. The number of alkyl halides is 3. The van der Waals surface area contributed by atoms with Crippen LogP contribution in [0.2, 0.25) is 0 Å². The summed E-state index contributed by atoms with van der Waals surface area (Å²) in [4.78, 5) is 48.6. The number of benzene rings is 2. The van der Waals surface area contributed by atoms with Crippen molar-refractivity contribution in [3.8, 4) is 11.4 Å². The minimum absolute atomic E-state index is 0.0502. The number of hydroxylamine groups is 1. The molecule has 1 aliphatic heterocycles. The molecule has 13 heteroatoms. The van der Waals surface area contributed by atoms with E-state index in [4.69, 9.17) is 0 Å². The fourth-order valence-corrected chi connectivity index (χ4v) is 4.19. The quantitative estimate of drug-likeness (QED) is 0.283. The molecule has 1 atom stereocenters. The average molecular weight is 531 g/mol. The predicted molar refractivity (Wildman–Crippen MR) is 130 cm³/mol. The summed E-state index contributed by atoms with van der Waals surface area (Å²) in [6, 6.07) is 12.1. The normalized spacial score (nSPS) is 15.7. The number of aryl methyl sites for hydroxylation is 1. The van der Waals surface area contributed by atoms with E-state index >= 15 is 0 Å². The number of halogens is 3. The van der Waals surface area contributed by atoms with E-state index in [2.05, 4.69) is 19.9 Å². The Bertz CT molecular complexity index is 1390. The van der Waals surface area contributed by atoms with E-state index in [0.29, 0.717) is 19.6 Å². The van der Waals surface area contributed by atoms with Gasteiger partial charge in [-0.25, -0.2) is 15.3 Å². The third-order valence-corrected chi connectivity index (χ3v) is 5.94. The molecule has 1 amide bonds. The summed E-state index contributed by atoms with van der Waals surface area (Å²) in [5.74, 6) is -4.22. The molecule has 1 unspecified atom stereocenters. The van der Waals surface area contributed by atoms with Gasteiger partial charge in [-0.1, -0.05) is 36.4 Å². The Morgan fingerprint density at radius 1 is 1.16 bits per heavy atom. The minimum Gasteiger partial charge on any atom is -0.417 e. The van der Waals surface area contributed by atoms with Crippen molar-refractivity contribution in [2.45, 2.75) is 19.1 Å². The lowest BCUT2D eigenvalue weighted by atomic mass is 10.0. The van der Waals surface area contributed by atoms with E-state index in [9.17, 15) is 27.6 Å². The van der Waals surface area contributed by atoms with Crippen LogP contribution in [0.3, 0.4) is 0 Å². The molecule has 10 nitrogen and oxygen atoms in total. The Kier molecular flexibility index (Phi) is 7.78. The number of piperazine rings is 1. The summed E-state index contributed by atoms with van der Waals surface area (Å²) in [5.41, 5.74) is 1.94. The van der Waals surface area contributed by atoms with E-state index in [-0.39, 0.29) is 23.1 Å². The fraction of sp³-hybridized carbons (Fsp3) is 0.280. The molecular formula is C25H24F3N5O5. The summed E-state index contributed by atoms with van der Waals surface area (Å²) in [6.45, 7) is 2.90. The summed E-state index contributed by atoms with van der Waals surface area (Å²) < 4.78 is 45.1. The zero-order chi connectivity index (χ0) is 27.4. The highest BCUT2D eigenvalue weighted by molar-refractivity contribution is 5.99. The lowest BCUT2D eigenvalue weighted by molar-refractivity contribution is -0.189. The number of carbonyl (C=O) groups is 2. The highest BCUT2D eigenvalue weighted by Gasteiger charge is 2.42. The van der Waals surface area contributed by atoms with Crippen LogP contribution in [0.1, 0.15) is 27.5 Å². The topological polar surface area (TPSA) is 115 Å². The maximum absolute atomic E-state index is 13.7. The van der Waals surface area contributed by atoms with Crippen LogP contribution >= 0.6 is 0 Å². The molecule has 3 aromatic rings. The number of rotatable bonds is 6. The zero-order valence-corrected chi connectivity index (χ0v) is 20.4. The second-order valence-electron chi connectivity index (χ2n) is 8.42. The van der Waals surface area contributed by atoms with Gasteiger partial charge >= 0.3 is 12.1 Å². The SMILES string of the molecule is CONC(=O)c1ccc(C)c(-n2ccnc(N3CCNC(c4ccccc4)C3)c2=O)c1OC(=O)C(F)(F)F. The van der Waals surface area contributed by atoms with E-state index in [1.165, 1.54) is 31.5 Å². The standard InChI is InChI=1S/C25H24F3N5O5/c1-15-8-9-17(22(34)31-37-2)20(38-24(36)25(26,27)28)19(15)33-13-11-30-21(23(33)35)32-12-10-29-18(14-32)16-6-4-3-5-7-16/h3-9,11,13,18,29H,10,12,14H2,1-2H3,(H,31,34). The van der Waals surface area contributed by atoms with Crippen molar-refractivity contribution in [1.29, 1.82) is 0 Å². The van der Waals surface area contributed by atoms with Crippen molar-refractivity contribution >= 4 is 17.7 Å². The smallest absolute Gasteiger partial charge is 0.417 e. The first kappa shape index (κ1) is 26.8. The fourth-order valence-electron chi connectivity index (χ4n) is 4.19. The van der Waals surface area contributed by atoms with Gasteiger partial charge in [0.1, 0.15) is 0 Å². The van der Waals surface area contributed by atoms with Gasteiger partial charge in [-0.3, -0.25) is 19.0 Å². The average Bonchev–Trinajstić information content (AvgIpc) is 2.89. The molecule has 1 saturated heterocycles. The van der Waals surface area contributed by atoms with Crippen LogP contribution in [0, 0.1) is 6.92 Å². The van der Waals surface area contributed by atoms with Crippen LogP contribution in [0.5, 0.6) is 5.75 Å². The Balaban J connectivity index is 1.81. The molecule has 2 N–H and O–H groups in total. The second-order valence-corrected chi connectivity index (χ2v) is 8.42. The number of esters is 1. The van der Waals surface area contributed by atoms with Gasteiger partial charge in [0.15, 0.2) is 11.6 Å². The van der Waals surface area contributed by atoms with Crippen LogP contribution < -0.4 is 26.0 Å². The van der Waals surface area contributed by atoms with Crippen molar-refractivity contribution in [2.75, 3.05) is 31.6 Å². The van der Waals surface area contributed by atoms with Gasteiger partial charge in [0.25, 0.3) is 11.5 Å². The molecule has 1 aromatic heterocycles. The summed E-state index contributed by atoms with van der Waals surface area (Å²) in [5, 5.41) is 3.39. The van der Waals surface area contributed by atoms with Crippen molar-refractivity contribution in [1.82, 2.24) is 20.3 Å². The molecule has 0 bridgehead atoms. The van der Waals surface area contributed by atoms with Gasteiger partial charge in [0.05, 0.1) is 18.4 Å². The number of nitrogens with zero attached hydrogens (tertiary/aromatic N) is 3. The van der Waals surface area contributed by atoms with Gasteiger partial charge in [-0.15, -0.1) is 0 Å². The number of anilines is 1. The first-order valence-corrected chi connectivity index (χ1v) is 11.5. The molecule has 1 aliphatic rings. The van der Waals surface area contributed by atoms with Gasteiger partial charge in [-0.2, -0.15) is 13.2 Å². The number of hydrogen-bond acceptors (Lipinski definition) is 8. The van der Waals surface area contributed by atoms with Crippen molar-refractivity contribution in [3.63, 3.8) is 0 Å². The Morgan fingerprint density at radius 3 is 2.58 bits per heavy atom. The molecule has 0 radical (unpaired) electrons. The lowest BCUT2D eigenvalue weighted by Crippen LogP contribution is -2.48. The first-order chi connectivity index (χ1) is 18.1. The van der Waals surface area contributed by atoms with Crippen LogP contribution in [0.25, 0.3) is 5.69 Å². The minimum atomic E-state index is -5.35. The molecule has 4 rings (SSSR count). The Morgan fingerprint density at radius 2 is 1.89 bits per heavy atom. The first-order valence-electron chi connectivity index (χ1n) is 11.5. The maximum atomic E-state index is 13.7. The molecule has 0 spiro atoms. The highest BCUT2D eigenvalue weighted by atomic mass is 19.4. The summed E-state index contributed by atoms with van der Waals surface area (Å²) in [6.07, 6.45) is -2.81. The number of nitrogens with one attached hydrogen (secondary N) is 2. The number of carbonyl (C=O) groups excluding carboxylic acids is 2. The van der Waals surface area contributed by atoms with Gasteiger partial charge in [-0.05, 0) is 24.1 Å². The van der Waals surface area contributed by atoms with Crippen LogP contribution in [-0.4, -0.2) is 54.3 Å². The van der Waals surface area contributed by atoms with E-state index in [1.54, 1.807) is 4.90 Å². The van der Waals surface area contributed by atoms with Gasteiger partial charge in [0.2, 0.25) is 0 Å². The van der Waals surface area contributed by atoms with Crippen LogP contribution in [0.4, 0.5) is 19.0 Å².